The lowest BCUT2D eigenvalue weighted by Gasteiger charge is -2.10. The van der Waals surface area contributed by atoms with Crippen molar-refractivity contribution in [2.24, 2.45) is 0 Å². The lowest BCUT2D eigenvalue weighted by molar-refractivity contribution is 1.09. The highest BCUT2D eigenvalue weighted by molar-refractivity contribution is 6.12. The summed E-state index contributed by atoms with van der Waals surface area (Å²) in [5.74, 6) is 0. The first-order valence-corrected chi connectivity index (χ1v) is 10.6. The Labute approximate surface area is 177 Å². The molecule has 0 aliphatic heterocycles. The number of benzene rings is 2. The molecular formula is C27H16N4. The second kappa shape index (κ2) is 5.35. The third kappa shape index (κ3) is 1.84. The molecule has 0 atom stereocenters. The van der Waals surface area contributed by atoms with Crippen LogP contribution in [0.15, 0.2) is 73.3 Å². The number of fused-ring (bicyclic) bond motifs is 14. The maximum atomic E-state index is 5.27. The number of imidazole rings is 1. The van der Waals surface area contributed by atoms with Crippen LogP contribution in [0.5, 0.6) is 0 Å². The van der Waals surface area contributed by atoms with Crippen LogP contribution in [-0.2, 0) is 12.8 Å². The van der Waals surface area contributed by atoms with E-state index in [0.29, 0.717) is 0 Å². The van der Waals surface area contributed by atoms with Gasteiger partial charge in [0.15, 0.2) is 0 Å². The second-order valence-corrected chi connectivity index (χ2v) is 8.52. The maximum Gasteiger partial charge on any atom is 0.146 e. The Morgan fingerprint density at radius 3 is 2.42 bits per heavy atom. The lowest BCUT2D eigenvalue weighted by Crippen LogP contribution is -1.97. The third-order valence-electron chi connectivity index (χ3n) is 7.01. The number of hydrogen-bond donors (Lipinski definition) is 0. The molecule has 4 nitrogen and oxygen atoms in total. The van der Waals surface area contributed by atoms with Gasteiger partial charge in [-0.3, -0.25) is 14.4 Å². The molecule has 0 saturated carbocycles. The zero-order valence-electron chi connectivity index (χ0n) is 16.6. The standard InChI is InChI=1S/C27H16N4/c1-2-4-18-15(3-1)11-16-5-6-17-12-22-26(25(17)24(16)18)30-27-20-8-10-28-13-21(20)19-7-9-29-14-23(19)31(22)27/h1-10,13-14H,11-12H2. The summed E-state index contributed by atoms with van der Waals surface area (Å²) in [6, 6.07) is 17.6. The molecule has 0 amide bonds. The van der Waals surface area contributed by atoms with Crippen LogP contribution in [0.25, 0.3) is 49.7 Å². The Bertz CT molecular complexity index is 1740. The Morgan fingerprint density at radius 1 is 0.677 bits per heavy atom. The summed E-state index contributed by atoms with van der Waals surface area (Å²) >= 11 is 0. The van der Waals surface area contributed by atoms with Crippen LogP contribution in [0, 0.1) is 0 Å². The quantitative estimate of drug-likeness (QED) is 0.315. The average Bonchev–Trinajstić information content (AvgIpc) is 3.48. The van der Waals surface area contributed by atoms with Gasteiger partial charge >= 0.3 is 0 Å². The first-order chi connectivity index (χ1) is 15.4. The molecule has 4 aromatic heterocycles. The van der Waals surface area contributed by atoms with Crippen molar-refractivity contribution in [3.63, 3.8) is 0 Å². The van der Waals surface area contributed by atoms with Gasteiger partial charge in [0, 0.05) is 46.7 Å². The smallest absolute Gasteiger partial charge is 0.146 e. The minimum atomic E-state index is 0.891. The van der Waals surface area contributed by atoms with Crippen molar-refractivity contribution in [2.75, 3.05) is 0 Å². The first-order valence-electron chi connectivity index (χ1n) is 10.6. The molecule has 144 valence electrons. The molecule has 0 spiro atoms. The molecule has 0 saturated heterocycles. The molecule has 0 unspecified atom stereocenters. The van der Waals surface area contributed by atoms with Crippen molar-refractivity contribution in [3.8, 4) is 22.4 Å². The number of nitrogens with zero attached hydrogens (tertiary/aromatic N) is 4. The molecule has 0 fully saturated rings. The molecule has 0 N–H and O–H groups in total. The summed E-state index contributed by atoms with van der Waals surface area (Å²) in [7, 11) is 0. The van der Waals surface area contributed by atoms with Crippen molar-refractivity contribution >= 4 is 27.3 Å². The first kappa shape index (κ1) is 15.7. The van der Waals surface area contributed by atoms with Gasteiger partial charge in [-0.25, -0.2) is 4.98 Å². The lowest BCUT2D eigenvalue weighted by atomic mass is 9.96. The molecule has 4 heteroatoms. The average molecular weight is 396 g/mol. The zero-order valence-corrected chi connectivity index (χ0v) is 16.6. The topological polar surface area (TPSA) is 43.1 Å². The van der Waals surface area contributed by atoms with Crippen LogP contribution >= 0.6 is 0 Å². The Hall–Kier alpha value is -4.05. The molecule has 31 heavy (non-hydrogen) atoms. The van der Waals surface area contributed by atoms with E-state index in [2.05, 4.69) is 62.9 Å². The highest BCUT2D eigenvalue weighted by Gasteiger charge is 2.32. The summed E-state index contributed by atoms with van der Waals surface area (Å²) in [5, 5.41) is 3.43. The Balaban J connectivity index is 1.55. The van der Waals surface area contributed by atoms with Gasteiger partial charge in [-0.1, -0.05) is 36.4 Å². The minimum absolute atomic E-state index is 0.891. The zero-order chi connectivity index (χ0) is 20.1. The molecular weight excluding hydrogens is 380 g/mol. The van der Waals surface area contributed by atoms with Gasteiger partial charge < -0.3 is 0 Å². The van der Waals surface area contributed by atoms with Crippen molar-refractivity contribution in [1.82, 2.24) is 19.4 Å². The predicted octanol–water partition coefficient (Wildman–Crippen LogP) is 5.57. The highest BCUT2D eigenvalue weighted by Crippen LogP contribution is 2.49. The largest absolute Gasteiger partial charge is 0.294 e. The van der Waals surface area contributed by atoms with Crippen LogP contribution < -0.4 is 0 Å². The summed E-state index contributed by atoms with van der Waals surface area (Å²) < 4.78 is 2.33. The third-order valence-corrected chi connectivity index (χ3v) is 7.01. The van der Waals surface area contributed by atoms with Crippen LogP contribution in [0.3, 0.4) is 0 Å². The normalized spacial score (nSPS) is 13.5. The van der Waals surface area contributed by atoms with E-state index < -0.39 is 0 Å². The second-order valence-electron chi connectivity index (χ2n) is 8.52. The summed E-state index contributed by atoms with van der Waals surface area (Å²) in [4.78, 5) is 14.1. The molecule has 8 rings (SSSR count). The van der Waals surface area contributed by atoms with Gasteiger partial charge in [0.1, 0.15) is 5.65 Å². The highest BCUT2D eigenvalue weighted by atomic mass is 15.0. The van der Waals surface area contributed by atoms with Gasteiger partial charge in [0.25, 0.3) is 0 Å². The number of rotatable bonds is 0. The van der Waals surface area contributed by atoms with Gasteiger partial charge in [0.05, 0.1) is 23.1 Å². The van der Waals surface area contributed by atoms with Crippen LogP contribution in [-0.4, -0.2) is 19.4 Å². The predicted molar refractivity (Wildman–Crippen MR) is 122 cm³/mol. The van der Waals surface area contributed by atoms with E-state index in [1.54, 1.807) is 0 Å². The van der Waals surface area contributed by atoms with E-state index in [-0.39, 0.29) is 0 Å². The molecule has 0 radical (unpaired) electrons. The fourth-order valence-electron chi connectivity index (χ4n) is 5.72. The number of pyridine rings is 3. The minimum Gasteiger partial charge on any atom is -0.294 e. The maximum absolute atomic E-state index is 5.27. The Kier molecular flexibility index (Phi) is 2.72. The van der Waals surface area contributed by atoms with E-state index in [0.717, 1.165) is 45.9 Å². The van der Waals surface area contributed by atoms with Crippen molar-refractivity contribution in [3.05, 3.63) is 95.7 Å². The molecule has 2 aliphatic rings. The van der Waals surface area contributed by atoms with E-state index in [4.69, 9.17) is 4.98 Å². The van der Waals surface area contributed by atoms with Gasteiger partial charge in [-0.2, -0.15) is 0 Å². The summed E-state index contributed by atoms with van der Waals surface area (Å²) in [6.45, 7) is 0. The fraction of sp³-hybridized carbons (Fsp3) is 0.0741. The van der Waals surface area contributed by atoms with E-state index in [9.17, 15) is 0 Å². The van der Waals surface area contributed by atoms with Crippen LogP contribution in [0.2, 0.25) is 0 Å². The number of hydrogen-bond acceptors (Lipinski definition) is 3. The van der Waals surface area contributed by atoms with Crippen LogP contribution in [0.4, 0.5) is 0 Å². The fourth-order valence-corrected chi connectivity index (χ4v) is 5.72. The van der Waals surface area contributed by atoms with Crippen LogP contribution in [0.1, 0.15) is 22.4 Å². The van der Waals surface area contributed by atoms with Gasteiger partial charge in [-0.15, -0.1) is 0 Å². The molecule has 0 bridgehead atoms. The van der Waals surface area contributed by atoms with E-state index in [1.807, 2.05) is 24.8 Å². The SMILES string of the molecule is c1ccc2c(c1)Cc1ccc3c(c1-2)-c1nc2c4ccncc4c4ccncc4n2c1C3. The van der Waals surface area contributed by atoms with Crippen molar-refractivity contribution in [1.29, 1.82) is 0 Å². The molecule has 4 heterocycles. The van der Waals surface area contributed by atoms with Gasteiger partial charge in [0.2, 0.25) is 0 Å². The monoisotopic (exact) mass is 396 g/mol. The van der Waals surface area contributed by atoms with E-state index in [1.165, 1.54) is 39.1 Å². The summed E-state index contributed by atoms with van der Waals surface area (Å²) in [6.07, 6.45) is 9.51. The van der Waals surface area contributed by atoms with E-state index >= 15 is 0 Å². The molecule has 2 aromatic carbocycles. The molecule has 6 aromatic rings. The Morgan fingerprint density at radius 2 is 1.48 bits per heavy atom. The number of aromatic nitrogens is 4. The van der Waals surface area contributed by atoms with Crippen molar-refractivity contribution < 1.29 is 0 Å². The molecule has 2 aliphatic carbocycles. The van der Waals surface area contributed by atoms with Gasteiger partial charge in [-0.05, 0) is 46.4 Å². The van der Waals surface area contributed by atoms with Crippen molar-refractivity contribution in [2.45, 2.75) is 12.8 Å². The summed E-state index contributed by atoms with van der Waals surface area (Å²) in [5.41, 5.74) is 12.7.